The van der Waals surface area contributed by atoms with Crippen molar-refractivity contribution < 1.29 is 5.11 Å². The summed E-state index contributed by atoms with van der Waals surface area (Å²) in [5.74, 6) is 0.226. The number of rotatable bonds is 3. The van der Waals surface area contributed by atoms with Crippen LogP contribution in [-0.4, -0.2) is 5.11 Å². The molecule has 2 aromatic carbocycles. The summed E-state index contributed by atoms with van der Waals surface area (Å²) in [7, 11) is 0. The molecule has 2 nitrogen and oxygen atoms in total. The molecule has 0 aliphatic heterocycles. The van der Waals surface area contributed by atoms with Crippen LogP contribution in [0.2, 0.25) is 0 Å². The van der Waals surface area contributed by atoms with Crippen molar-refractivity contribution in [2.45, 2.75) is 6.42 Å². The number of phenolic OH excluding ortho intramolecular Hbond substituents is 1. The summed E-state index contributed by atoms with van der Waals surface area (Å²) in [6, 6.07) is 17.0. The van der Waals surface area contributed by atoms with Crippen LogP contribution in [0.3, 0.4) is 0 Å². The quantitative estimate of drug-likeness (QED) is 0.825. The summed E-state index contributed by atoms with van der Waals surface area (Å²) in [6.45, 7) is 3.69. The van der Waals surface area contributed by atoms with E-state index in [1.54, 1.807) is 12.1 Å². The second kappa shape index (κ2) is 5.20. The average molecular weight is 235 g/mol. The van der Waals surface area contributed by atoms with Gasteiger partial charge in [0.05, 0.1) is 6.07 Å². The molecule has 0 unspecified atom stereocenters. The number of hydrogen-bond donors (Lipinski definition) is 1. The van der Waals surface area contributed by atoms with Gasteiger partial charge >= 0.3 is 0 Å². The van der Waals surface area contributed by atoms with E-state index in [0.717, 1.165) is 16.7 Å². The Morgan fingerprint density at radius 1 is 1.11 bits per heavy atom. The van der Waals surface area contributed by atoms with E-state index < -0.39 is 0 Å². The molecule has 0 saturated carbocycles. The molecule has 0 aliphatic rings. The Labute approximate surface area is 106 Å². The first-order chi connectivity index (χ1) is 8.72. The number of nitriles is 1. The predicted octanol–water partition coefficient (Wildman–Crippen LogP) is 3.68. The highest BCUT2D eigenvalue weighted by Gasteiger charge is 2.10. The van der Waals surface area contributed by atoms with Gasteiger partial charge in [-0.15, -0.1) is 0 Å². The Bertz CT molecular complexity index is 609. The minimum Gasteiger partial charge on any atom is -0.507 e. The first-order valence-corrected chi connectivity index (χ1v) is 5.66. The van der Waals surface area contributed by atoms with Crippen LogP contribution in [-0.2, 0) is 6.42 Å². The Morgan fingerprint density at radius 2 is 1.83 bits per heavy atom. The van der Waals surface area contributed by atoms with Crippen LogP contribution >= 0.6 is 0 Å². The maximum atomic E-state index is 10.0. The summed E-state index contributed by atoms with van der Waals surface area (Å²) in [5.41, 5.74) is 3.11. The van der Waals surface area contributed by atoms with Gasteiger partial charge < -0.3 is 5.11 Å². The number of hydrogen-bond acceptors (Lipinski definition) is 2. The lowest BCUT2D eigenvalue weighted by Crippen LogP contribution is -1.92. The van der Waals surface area contributed by atoms with Gasteiger partial charge in [0.25, 0.3) is 0 Å². The van der Waals surface area contributed by atoms with E-state index in [-0.39, 0.29) is 5.75 Å². The molecule has 0 aromatic heterocycles. The molecule has 0 atom stereocenters. The van der Waals surface area contributed by atoms with Crippen molar-refractivity contribution in [3.63, 3.8) is 0 Å². The monoisotopic (exact) mass is 235 g/mol. The first-order valence-electron chi connectivity index (χ1n) is 5.66. The molecular weight excluding hydrogens is 222 g/mol. The van der Waals surface area contributed by atoms with Crippen molar-refractivity contribution in [2.75, 3.05) is 0 Å². The summed E-state index contributed by atoms with van der Waals surface area (Å²) in [6.07, 6.45) is 0.453. The van der Waals surface area contributed by atoms with Crippen molar-refractivity contribution in [3.05, 3.63) is 66.2 Å². The Hall–Kier alpha value is -2.53. The minimum absolute atomic E-state index is 0.226. The van der Waals surface area contributed by atoms with Crippen LogP contribution in [0.25, 0.3) is 11.1 Å². The summed E-state index contributed by atoms with van der Waals surface area (Å²) in [4.78, 5) is 0. The molecule has 0 fully saturated rings. The third kappa shape index (κ3) is 2.41. The van der Waals surface area contributed by atoms with Crippen molar-refractivity contribution >= 4 is 0 Å². The molecule has 88 valence electrons. The molecule has 0 radical (unpaired) electrons. The van der Waals surface area contributed by atoms with Crippen LogP contribution in [0, 0.1) is 11.3 Å². The maximum Gasteiger partial charge on any atom is 0.123 e. The van der Waals surface area contributed by atoms with E-state index in [4.69, 9.17) is 5.26 Å². The van der Waals surface area contributed by atoms with Gasteiger partial charge in [-0.3, -0.25) is 0 Å². The molecule has 18 heavy (non-hydrogen) atoms. The van der Waals surface area contributed by atoms with E-state index in [2.05, 4.69) is 6.58 Å². The molecule has 1 N–H and O–H groups in total. The standard InChI is InChI=1S/C16H13NO/c1-12(11-17)10-14-8-5-9-15(18)16(14)13-6-3-2-4-7-13/h2-9,18H,1,10H2. The van der Waals surface area contributed by atoms with Gasteiger partial charge in [0.15, 0.2) is 0 Å². The second-order valence-electron chi connectivity index (χ2n) is 4.07. The van der Waals surface area contributed by atoms with Gasteiger partial charge in [0.1, 0.15) is 5.75 Å². The van der Waals surface area contributed by atoms with Crippen molar-refractivity contribution in [3.8, 4) is 22.9 Å². The van der Waals surface area contributed by atoms with Crippen LogP contribution < -0.4 is 0 Å². The van der Waals surface area contributed by atoms with Crippen LogP contribution in [0.1, 0.15) is 5.56 Å². The summed E-state index contributed by atoms with van der Waals surface area (Å²) in [5, 5.41) is 18.8. The van der Waals surface area contributed by atoms with Crippen molar-refractivity contribution in [1.82, 2.24) is 0 Å². The van der Waals surface area contributed by atoms with Gasteiger partial charge in [-0.2, -0.15) is 5.26 Å². The molecule has 0 saturated heterocycles. The van der Waals surface area contributed by atoms with Gasteiger partial charge in [0.2, 0.25) is 0 Å². The Morgan fingerprint density at radius 3 is 2.50 bits per heavy atom. The highest BCUT2D eigenvalue weighted by Crippen LogP contribution is 2.33. The van der Waals surface area contributed by atoms with Gasteiger partial charge in [-0.1, -0.05) is 49.0 Å². The molecule has 0 heterocycles. The molecule has 0 spiro atoms. The fourth-order valence-electron chi connectivity index (χ4n) is 1.94. The molecule has 0 bridgehead atoms. The van der Waals surface area contributed by atoms with Crippen molar-refractivity contribution in [1.29, 1.82) is 5.26 Å². The average Bonchev–Trinajstić information content (AvgIpc) is 2.40. The van der Waals surface area contributed by atoms with E-state index in [9.17, 15) is 5.11 Å². The molecule has 0 aliphatic carbocycles. The van der Waals surface area contributed by atoms with Crippen LogP contribution in [0.4, 0.5) is 0 Å². The number of phenols is 1. The number of allylic oxidation sites excluding steroid dienone is 1. The van der Waals surface area contributed by atoms with E-state index >= 15 is 0 Å². The van der Waals surface area contributed by atoms with E-state index in [1.807, 2.05) is 42.5 Å². The third-order valence-corrected chi connectivity index (χ3v) is 2.75. The van der Waals surface area contributed by atoms with E-state index in [1.165, 1.54) is 0 Å². The first kappa shape index (κ1) is 11.9. The number of benzene rings is 2. The summed E-state index contributed by atoms with van der Waals surface area (Å²) >= 11 is 0. The highest BCUT2D eigenvalue weighted by molar-refractivity contribution is 5.74. The van der Waals surface area contributed by atoms with E-state index in [0.29, 0.717) is 12.0 Å². The second-order valence-corrected chi connectivity index (χ2v) is 4.07. The molecular formula is C16H13NO. The topological polar surface area (TPSA) is 44.0 Å². The van der Waals surface area contributed by atoms with Gasteiger partial charge in [0, 0.05) is 17.6 Å². The molecule has 2 rings (SSSR count). The fraction of sp³-hybridized carbons (Fsp3) is 0.0625. The normalized spacial score (nSPS) is 9.72. The van der Waals surface area contributed by atoms with Gasteiger partial charge in [-0.25, -0.2) is 0 Å². The Kier molecular flexibility index (Phi) is 3.45. The lowest BCUT2D eigenvalue weighted by molar-refractivity contribution is 0.477. The summed E-state index contributed by atoms with van der Waals surface area (Å²) < 4.78 is 0. The molecule has 0 amide bonds. The fourth-order valence-corrected chi connectivity index (χ4v) is 1.94. The van der Waals surface area contributed by atoms with Crippen LogP contribution in [0.5, 0.6) is 5.75 Å². The predicted molar refractivity (Wildman–Crippen MR) is 72.0 cm³/mol. The molecule has 2 heteroatoms. The highest BCUT2D eigenvalue weighted by atomic mass is 16.3. The maximum absolute atomic E-state index is 10.0. The number of aromatic hydroxyl groups is 1. The lowest BCUT2D eigenvalue weighted by Gasteiger charge is -2.11. The SMILES string of the molecule is C=C(C#N)Cc1cccc(O)c1-c1ccccc1. The van der Waals surface area contributed by atoms with Gasteiger partial charge in [-0.05, 0) is 17.2 Å². The largest absolute Gasteiger partial charge is 0.507 e. The zero-order valence-corrected chi connectivity index (χ0v) is 9.93. The van der Waals surface area contributed by atoms with Crippen LogP contribution in [0.15, 0.2) is 60.7 Å². The van der Waals surface area contributed by atoms with Crippen molar-refractivity contribution in [2.24, 2.45) is 0 Å². The smallest absolute Gasteiger partial charge is 0.123 e. The third-order valence-electron chi connectivity index (χ3n) is 2.75. The molecule has 2 aromatic rings. The number of nitrogens with zero attached hydrogens (tertiary/aromatic N) is 1. The Balaban J connectivity index is 2.52. The lowest BCUT2D eigenvalue weighted by atomic mass is 9.95. The minimum atomic E-state index is 0.226. The zero-order chi connectivity index (χ0) is 13.0. The zero-order valence-electron chi connectivity index (χ0n) is 9.93.